The van der Waals surface area contributed by atoms with Crippen molar-refractivity contribution < 1.29 is 0 Å². The fourth-order valence-corrected chi connectivity index (χ4v) is 3.03. The number of anilines is 1. The predicted octanol–water partition coefficient (Wildman–Crippen LogP) is 3.13. The molecule has 0 radical (unpaired) electrons. The van der Waals surface area contributed by atoms with E-state index in [2.05, 4.69) is 41.3 Å². The highest BCUT2D eigenvalue weighted by atomic mass is 15.1. The minimum Gasteiger partial charge on any atom is -0.373 e. The molecule has 1 heterocycles. The Kier molecular flexibility index (Phi) is 4.59. The molecule has 18 heavy (non-hydrogen) atoms. The molecule has 2 rings (SSSR count). The summed E-state index contributed by atoms with van der Waals surface area (Å²) in [6.45, 7) is 3.34. The minimum atomic E-state index is 0.721. The summed E-state index contributed by atoms with van der Waals surface area (Å²) in [4.78, 5) is 7.08. The Hall–Kier alpha value is -1.09. The first-order valence-corrected chi connectivity index (χ1v) is 7.04. The van der Waals surface area contributed by atoms with Crippen LogP contribution in [0.2, 0.25) is 0 Å². The Labute approximate surface area is 111 Å². The molecular formula is C15H25N3. The first kappa shape index (κ1) is 13.3. The number of rotatable bonds is 4. The van der Waals surface area contributed by atoms with Gasteiger partial charge in [0.25, 0.3) is 0 Å². The van der Waals surface area contributed by atoms with Crippen molar-refractivity contribution in [3.63, 3.8) is 0 Å². The van der Waals surface area contributed by atoms with Gasteiger partial charge in [-0.2, -0.15) is 0 Å². The summed E-state index contributed by atoms with van der Waals surface area (Å²) in [5, 5.41) is 3.10. The summed E-state index contributed by atoms with van der Waals surface area (Å²) in [5.41, 5.74) is 1.15. The predicted molar refractivity (Wildman–Crippen MR) is 76.7 cm³/mol. The van der Waals surface area contributed by atoms with Gasteiger partial charge in [0, 0.05) is 19.6 Å². The number of nitrogens with one attached hydrogen (secondary N) is 1. The van der Waals surface area contributed by atoms with Crippen molar-refractivity contribution in [2.24, 2.45) is 5.92 Å². The topological polar surface area (TPSA) is 28.2 Å². The molecule has 0 saturated heterocycles. The number of nitrogens with zero attached hydrogens (tertiary/aromatic N) is 2. The van der Waals surface area contributed by atoms with Gasteiger partial charge >= 0.3 is 0 Å². The SMILES string of the molecule is CNc1cccc(CN(C)C2CCCCC2C)n1. The molecule has 1 aliphatic rings. The van der Waals surface area contributed by atoms with E-state index in [9.17, 15) is 0 Å². The average Bonchev–Trinajstić information content (AvgIpc) is 2.39. The summed E-state index contributed by atoms with van der Waals surface area (Å²) in [6, 6.07) is 6.92. The molecule has 0 bridgehead atoms. The van der Waals surface area contributed by atoms with Crippen LogP contribution in [0.15, 0.2) is 18.2 Å². The van der Waals surface area contributed by atoms with E-state index in [4.69, 9.17) is 0 Å². The van der Waals surface area contributed by atoms with Crippen LogP contribution in [0, 0.1) is 5.92 Å². The van der Waals surface area contributed by atoms with Crippen LogP contribution in [0.3, 0.4) is 0 Å². The number of hydrogen-bond donors (Lipinski definition) is 1. The highest BCUT2D eigenvalue weighted by Gasteiger charge is 2.24. The normalized spacial score (nSPS) is 24.2. The summed E-state index contributed by atoms with van der Waals surface area (Å²) in [5.74, 6) is 1.77. The molecule has 3 nitrogen and oxygen atoms in total. The Balaban J connectivity index is 1.98. The molecule has 0 spiro atoms. The average molecular weight is 247 g/mol. The van der Waals surface area contributed by atoms with E-state index in [0.29, 0.717) is 0 Å². The second kappa shape index (κ2) is 6.19. The molecule has 1 saturated carbocycles. The Morgan fingerprint density at radius 2 is 2.11 bits per heavy atom. The minimum absolute atomic E-state index is 0.721. The van der Waals surface area contributed by atoms with E-state index in [1.807, 2.05) is 13.1 Å². The lowest BCUT2D eigenvalue weighted by atomic mass is 9.85. The maximum atomic E-state index is 4.60. The van der Waals surface area contributed by atoms with Crippen molar-refractivity contribution >= 4 is 5.82 Å². The molecular weight excluding hydrogens is 222 g/mol. The summed E-state index contributed by atoms with van der Waals surface area (Å²) >= 11 is 0. The van der Waals surface area contributed by atoms with Crippen LogP contribution in [-0.2, 0) is 6.54 Å². The molecule has 1 aromatic heterocycles. The van der Waals surface area contributed by atoms with E-state index in [1.54, 1.807) is 0 Å². The lowest BCUT2D eigenvalue weighted by molar-refractivity contribution is 0.132. The summed E-state index contributed by atoms with van der Waals surface area (Å²) in [6.07, 6.45) is 5.49. The molecule has 1 aromatic rings. The third-order valence-corrected chi connectivity index (χ3v) is 4.11. The van der Waals surface area contributed by atoms with E-state index >= 15 is 0 Å². The van der Waals surface area contributed by atoms with Crippen LogP contribution >= 0.6 is 0 Å². The lowest BCUT2D eigenvalue weighted by Gasteiger charge is -2.36. The van der Waals surface area contributed by atoms with Crippen molar-refractivity contribution in [3.05, 3.63) is 23.9 Å². The van der Waals surface area contributed by atoms with Gasteiger partial charge in [0.05, 0.1) is 5.69 Å². The Morgan fingerprint density at radius 3 is 2.83 bits per heavy atom. The molecule has 2 atom stereocenters. The first-order valence-electron chi connectivity index (χ1n) is 7.04. The van der Waals surface area contributed by atoms with Crippen molar-refractivity contribution in [1.29, 1.82) is 0 Å². The van der Waals surface area contributed by atoms with Crippen LogP contribution in [0.4, 0.5) is 5.82 Å². The second-order valence-electron chi connectivity index (χ2n) is 5.51. The molecule has 0 aromatic carbocycles. The van der Waals surface area contributed by atoms with Gasteiger partial charge in [-0.1, -0.05) is 25.8 Å². The third-order valence-electron chi connectivity index (χ3n) is 4.11. The largest absolute Gasteiger partial charge is 0.373 e. The second-order valence-corrected chi connectivity index (χ2v) is 5.51. The van der Waals surface area contributed by atoms with E-state index in [-0.39, 0.29) is 0 Å². The Bertz CT molecular complexity index is 378. The van der Waals surface area contributed by atoms with E-state index in [0.717, 1.165) is 30.0 Å². The van der Waals surface area contributed by atoms with Crippen LogP contribution in [0.25, 0.3) is 0 Å². The van der Waals surface area contributed by atoms with Crippen molar-refractivity contribution in [3.8, 4) is 0 Å². The monoisotopic (exact) mass is 247 g/mol. The van der Waals surface area contributed by atoms with E-state index < -0.39 is 0 Å². The van der Waals surface area contributed by atoms with Crippen LogP contribution in [-0.4, -0.2) is 30.0 Å². The summed E-state index contributed by atoms with van der Waals surface area (Å²) in [7, 11) is 4.15. The standard InChI is InChI=1S/C15H25N3/c1-12-7-4-5-9-14(12)18(3)11-13-8-6-10-15(16-2)17-13/h6,8,10,12,14H,4-5,7,9,11H2,1-3H3,(H,16,17). The fourth-order valence-electron chi connectivity index (χ4n) is 3.03. The lowest BCUT2D eigenvalue weighted by Crippen LogP contribution is -2.38. The van der Waals surface area contributed by atoms with Crippen LogP contribution in [0.1, 0.15) is 38.3 Å². The summed E-state index contributed by atoms with van der Waals surface area (Å²) < 4.78 is 0. The van der Waals surface area contributed by atoms with Gasteiger partial charge in [0.2, 0.25) is 0 Å². The quantitative estimate of drug-likeness (QED) is 0.886. The van der Waals surface area contributed by atoms with Gasteiger partial charge in [-0.25, -0.2) is 4.98 Å². The van der Waals surface area contributed by atoms with Gasteiger partial charge in [-0.05, 0) is 37.9 Å². The smallest absolute Gasteiger partial charge is 0.126 e. The zero-order chi connectivity index (χ0) is 13.0. The molecule has 0 amide bonds. The fraction of sp³-hybridized carbons (Fsp3) is 0.667. The van der Waals surface area contributed by atoms with Crippen LogP contribution in [0.5, 0.6) is 0 Å². The molecule has 1 fully saturated rings. The van der Waals surface area contributed by atoms with Crippen molar-refractivity contribution in [2.75, 3.05) is 19.4 Å². The maximum absolute atomic E-state index is 4.60. The first-order chi connectivity index (χ1) is 8.70. The van der Waals surface area contributed by atoms with Gasteiger partial charge in [-0.15, -0.1) is 0 Å². The molecule has 1 N–H and O–H groups in total. The number of pyridine rings is 1. The zero-order valence-corrected chi connectivity index (χ0v) is 11.8. The third kappa shape index (κ3) is 3.22. The Morgan fingerprint density at radius 1 is 1.33 bits per heavy atom. The molecule has 2 unspecified atom stereocenters. The van der Waals surface area contributed by atoms with Gasteiger partial charge in [0.15, 0.2) is 0 Å². The van der Waals surface area contributed by atoms with Gasteiger partial charge in [-0.3, -0.25) is 4.90 Å². The van der Waals surface area contributed by atoms with E-state index in [1.165, 1.54) is 25.7 Å². The van der Waals surface area contributed by atoms with Crippen molar-refractivity contribution in [1.82, 2.24) is 9.88 Å². The van der Waals surface area contributed by atoms with Gasteiger partial charge < -0.3 is 5.32 Å². The maximum Gasteiger partial charge on any atom is 0.126 e. The number of hydrogen-bond acceptors (Lipinski definition) is 3. The van der Waals surface area contributed by atoms with Crippen molar-refractivity contribution in [2.45, 2.75) is 45.2 Å². The molecule has 1 aliphatic carbocycles. The highest BCUT2D eigenvalue weighted by molar-refractivity contribution is 5.34. The van der Waals surface area contributed by atoms with Gasteiger partial charge in [0.1, 0.15) is 5.82 Å². The van der Waals surface area contributed by atoms with Crippen LogP contribution < -0.4 is 5.32 Å². The molecule has 0 aliphatic heterocycles. The molecule has 100 valence electrons. The number of aromatic nitrogens is 1. The highest BCUT2D eigenvalue weighted by Crippen LogP contribution is 2.28. The molecule has 3 heteroatoms. The zero-order valence-electron chi connectivity index (χ0n) is 11.8.